The molecule has 0 saturated carbocycles. The van der Waals surface area contributed by atoms with Crippen LogP contribution in [0.4, 0.5) is 0 Å². The van der Waals surface area contributed by atoms with E-state index in [2.05, 4.69) is 17.2 Å². The lowest BCUT2D eigenvalue weighted by molar-refractivity contribution is 0.0951. The number of benzene rings is 3. The van der Waals surface area contributed by atoms with Crippen molar-refractivity contribution in [1.82, 2.24) is 10.3 Å². The summed E-state index contributed by atoms with van der Waals surface area (Å²) in [5, 5.41) is 4.07. The number of aromatic nitrogens is 1. The molecule has 1 aromatic heterocycles. The minimum Gasteiger partial charge on any atom is -0.489 e. The van der Waals surface area contributed by atoms with Gasteiger partial charge in [0.15, 0.2) is 0 Å². The van der Waals surface area contributed by atoms with Crippen molar-refractivity contribution in [3.8, 4) is 5.75 Å². The second kappa shape index (κ2) is 8.88. The summed E-state index contributed by atoms with van der Waals surface area (Å²) in [6, 6.07) is 23.5. The number of aryl methyl sites for hydroxylation is 1. The number of nitrogens with zero attached hydrogens (tertiary/aromatic N) is 1. The molecule has 1 N–H and O–H groups in total. The summed E-state index contributed by atoms with van der Waals surface area (Å²) in [4.78, 5) is 17.1. The van der Waals surface area contributed by atoms with Gasteiger partial charge in [0, 0.05) is 12.1 Å². The molecule has 0 bridgehead atoms. The molecule has 4 rings (SSSR count). The van der Waals surface area contributed by atoms with E-state index in [1.165, 1.54) is 0 Å². The van der Waals surface area contributed by atoms with Crippen LogP contribution in [0.5, 0.6) is 5.75 Å². The van der Waals surface area contributed by atoms with Crippen LogP contribution in [0.15, 0.2) is 72.8 Å². The zero-order valence-electron chi connectivity index (χ0n) is 16.2. The molecule has 0 unspecified atom stereocenters. The Balaban J connectivity index is 1.33. The summed E-state index contributed by atoms with van der Waals surface area (Å²) in [6.07, 6.45) is 0.909. The van der Waals surface area contributed by atoms with Gasteiger partial charge in [-0.1, -0.05) is 49.4 Å². The predicted molar refractivity (Wildman–Crippen MR) is 117 cm³/mol. The largest absolute Gasteiger partial charge is 0.489 e. The molecule has 1 heterocycles. The average molecular weight is 403 g/mol. The molecule has 0 aliphatic carbocycles. The van der Waals surface area contributed by atoms with Gasteiger partial charge in [0.1, 0.15) is 12.4 Å². The van der Waals surface area contributed by atoms with Crippen molar-refractivity contribution >= 4 is 27.5 Å². The Morgan fingerprint density at radius 1 is 1.00 bits per heavy atom. The average Bonchev–Trinajstić information content (AvgIpc) is 3.20. The van der Waals surface area contributed by atoms with Crippen LogP contribution in [0, 0.1) is 0 Å². The van der Waals surface area contributed by atoms with E-state index >= 15 is 0 Å². The van der Waals surface area contributed by atoms with Crippen LogP contribution in [-0.4, -0.2) is 10.9 Å². The molecule has 0 spiro atoms. The highest BCUT2D eigenvalue weighted by Gasteiger charge is 2.09. The molecule has 0 aliphatic heterocycles. The summed E-state index contributed by atoms with van der Waals surface area (Å²) in [6.45, 7) is 3.10. The smallest absolute Gasteiger partial charge is 0.251 e. The lowest BCUT2D eigenvalue weighted by atomic mass is 10.2. The van der Waals surface area contributed by atoms with E-state index in [4.69, 9.17) is 4.74 Å². The number of amides is 1. The Hall–Kier alpha value is -3.18. The zero-order valence-corrected chi connectivity index (χ0v) is 17.0. The maximum atomic E-state index is 12.5. The number of ether oxygens (including phenoxy) is 1. The lowest BCUT2D eigenvalue weighted by Crippen LogP contribution is -2.22. The standard InChI is InChI=1S/C24H22N2O2S/c1-2-23-26-21-13-10-19(14-22(21)29-23)24(27)25-15-17-8-11-20(12-9-17)28-16-18-6-4-3-5-7-18/h3-14H,2,15-16H2,1H3,(H,25,27). The number of hydrogen-bond acceptors (Lipinski definition) is 4. The van der Waals surface area contributed by atoms with Gasteiger partial charge in [-0.3, -0.25) is 4.79 Å². The van der Waals surface area contributed by atoms with Gasteiger partial charge in [0.2, 0.25) is 0 Å². The molecule has 0 saturated heterocycles. The van der Waals surface area contributed by atoms with Gasteiger partial charge < -0.3 is 10.1 Å². The van der Waals surface area contributed by atoms with Gasteiger partial charge in [-0.25, -0.2) is 4.98 Å². The summed E-state index contributed by atoms with van der Waals surface area (Å²) >= 11 is 1.64. The highest BCUT2D eigenvalue weighted by molar-refractivity contribution is 7.18. The minimum absolute atomic E-state index is 0.0808. The van der Waals surface area contributed by atoms with Crippen molar-refractivity contribution in [3.05, 3.63) is 94.5 Å². The number of carbonyl (C=O) groups is 1. The number of thiazole rings is 1. The minimum atomic E-state index is -0.0808. The van der Waals surface area contributed by atoms with Crippen LogP contribution in [0.1, 0.15) is 33.4 Å². The van der Waals surface area contributed by atoms with Crippen molar-refractivity contribution < 1.29 is 9.53 Å². The van der Waals surface area contributed by atoms with Crippen molar-refractivity contribution in [1.29, 1.82) is 0 Å². The van der Waals surface area contributed by atoms with E-state index in [9.17, 15) is 4.79 Å². The maximum Gasteiger partial charge on any atom is 0.251 e. The van der Waals surface area contributed by atoms with E-state index in [1.807, 2.05) is 72.8 Å². The van der Waals surface area contributed by atoms with Crippen LogP contribution in [0.25, 0.3) is 10.2 Å². The summed E-state index contributed by atoms with van der Waals surface area (Å²) in [7, 11) is 0. The fourth-order valence-electron chi connectivity index (χ4n) is 2.99. The molecule has 146 valence electrons. The first-order chi connectivity index (χ1) is 14.2. The van der Waals surface area contributed by atoms with Gasteiger partial charge >= 0.3 is 0 Å². The summed E-state index contributed by atoms with van der Waals surface area (Å²) in [5.41, 5.74) is 3.77. The third-order valence-corrected chi connectivity index (χ3v) is 5.78. The number of fused-ring (bicyclic) bond motifs is 1. The maximum absolute atomic E-state index is 12.5. The van der Waals surface area contributed by atoms with Crippen LogP contribution in [-0.2, 0) is 19.6 Å². The summed E-state index contributed by atoms with van der Waals surface area (Å²) in [5.74, 6) is 0.731. The Bertz CT molecular complexity index is 1100. The molecule has 0 aliphatic rings. The first-order valence-corrected chi connectivity index (χ1v) is 10.5. The predicted octanol–water partition coefficient (Wildman–Crippen LogP) is 5.37. The Morgan fingerprint density at radius 3 is 2.55 bits per heavy atom. The Kier molecular flexibility index (Phi) is 5.86. The number of hydrogen-bond donors (Lipinski definition) is 1. The topological polar surface area (TPSA) is 51.2 Å². The SMILES string of the molecule is CCc1nc2ccc(C(=O)NCc3ccc(OCc4ccccc4)cc3)cc2s1. The molecular weight excluding hydrogens is 380 g/mol. The molecule has 1 amide bonds. The van der Waals surface area contributed by atoms with E-state index in [1.54, 1.807) is 11.3 Å². The molecule has 5 heteroatoms. The molecule has 29 heavy (non-hydrogen) atoms. The monoisotopic (exact) mass is 402 g/mol. The normalized spacial score (nSPS) is 10.8. The zero-order chi connectivity index (χ0) is 20.1. The van der Waals surface area contributed by atoms with Gasteiger partial charge in [0.25, 0.3) is 5.91 Å². The second-order valence-corrected chi connectivity index (χ2v) is 7.86. The van der Waals surface area contributed by atoms with Crippen LogP contribution in [0.2, 0.25) is 0 Å². The van der Waals surface area contributed by atoms with Gasteiger partial charge in [0.05, 0.1) is 15.2 Å². The van der Waals surface area contributed by atoms with Crippen LogP contribution < -0.4 is 10.1 Å². The van der Waals surface area contributed by atoms with Crippen LogP contribution >= 0.6 is 11.3 Å². The molecular formula is C24H22N2O2S. The molecule has 4 nitrogen and oxygen atoms in total. The van der Waals surface area contributed by atoms with Gasteiger partial charge in [-0.05, 0) is 47.9 Å². The van der Waals surface area contributed by atoms with Crippen molar-refractivity contribution in [3.63, 3.8) is 0 Å². The summed E-state index contributed by atoms with van der Waals surface area (Å²) < 4.78 is 6.85. The Morgan fingerprint density at radius 2 is 1.79 bits per heavy atom. The van der Waals surface area contributed by atoms with Crippen LogP contribution in [0.3, 0.4) is 0 Å². The third kappa shape index (κ3) is 4.81. The van der Waals surface area contributed by atoms with E-state index in [0.717, 1.165) is 38.5 Å². The van der Waals surface area contributed by atoms with E-state index in [0.29, 0.717) is 18.7 Å². The molecule has 3 aromatic carbocycles. The first kappa shape index (κ1) is 19.2. The van der Waals surface area contributed by atoms with Gasteiger partial charge in [-0.2, -0.15) is 0 Å². The highest BCUT2D eigenvalue weighted by Crippen LogP contribution is 2.23. The molecule has 0 fully saturated rings. The fourth-order valence-corrected chi connectivity index (χ4v) is 3.94. The van der Waals surface area contributed by atoms with E-state index in [-0.39, 0.29) is 5.91 Å². The number of nitrogens with one attached hydrogen (secondary N) is 1. The quantitative estimate of drug-likeness (QED) is 0.452. The Labute approximate surface area is 174 Å². The molecule has 0 radical (unpaired) electrons. The van der Waals surface area contributed by atoms with Gasteiger partial charge in [-0.15, -0.1) is 11.3 Å². The van der Waals surface area contributed by atoms with Crippen molar-refractivity contribution in [2.45, 2.75) is 26.5 Å². The number of carbonyl (C=O) groups excluding carboxylic acids is 1. The lowest BCUT2D eigenvalue weighted by Gasteiger charge is -2.08. The third-order valence-electron chi connectivity index (χ3n) is 4.62. The van der Waals surface area contributed by atoms with Crippen molar-refractivity contribution in [2.75, 3.05) is 0 Å². The van der Waals surface area contributed by atoms with E-state index < -0.39 is 0 Å². The number of rotatable bonds is 7. The fraction of sp³-hybridized carbons (Fsp3) is 0.167. The first-order valence-electron chi connectivity index (χ1n) is 9.64. The molecule has 4 aromatic rings. The second-order valence-electron chi connectivity index (χ2n) is 6.74. The molecule has 0 atom stereocenters. The highest BCUT2D eigenvalue weighted by atomic mass is 32.1. The van der Waals surface area contributed by atoms with Crippen molar-refractivity contribution in [2.24, 2.45) is 0 Å².